The van der Waals surface area contributed by atoms with Gasteiger partial charge >= 0.3 is 12.0 Å². The Morgan fingerprint density at radius 1 is 1.42 bits per heavy atom. The molecule has 0 aliphatic heterocycles. The predicted molar refractivity (Wildman–Crippen MR) is 69.6 cm³/mol. The first-order valence-corrected chi connectivity index (χ1v) is 5.92. The van der Waals surface area contributed by atoms with Crippen molar-refractivity contribution >= 4 is 17.7 Å². The third-order valence-corrected chi connectivity index (χ3v) is 2.57. The molecular weight excluding hydrogens is 251 g/mol. The van der Waals surface area contributed by atoms with E-state index in [1.165, 1.54) is 6.07 Å². The molecule has 5 nitrogen and oxygen atoms in total. The van der Waals surface area contributed by atoms with E-state index in [9.17, 15) is 14.0 Å². The number of carboxylic acid groups (broad SMARTS) is 1. The molecule has 0 aliphatic rings. The number of urea groups is 1. The Morgan fingerprint density at radius 3 is 2.74 bits per heavy atom. The lowest BCUT2D eigenvalue weighted by molar-refractivity contribution is -0.137. The van der Waals surface area contributed by atoms with Gasteiger partial charge in [0.25, 0.3) is 0 Å². The Bertz CT molecular complexity index is 477. The fourth-order valence-corrected chi connectivity index (χ4v) is 1.55. The van der Waals surface area contributed by atoms with Gasteiger partial charge in [-0.2, -0.15) is 0 Å². The maximum atomic E-state index is 13.6. The number of amides is 2. The summed E-state index contributed by atoms with van der Waals surface area (Å²) >= 11 is 0. The molecule has 0 aromatic heterocycles. The van der Waals surface area contributed by atoms with E-state index in [4.69, 9.17) is 5.11 Å². The van der Waals surface area contributed by atoms with Crippen molar-refractivity contribution < 1.29 is 19.1 Å². The molecular formula is C13H17FN2O3. The van der Waals surface area contributed by atoms with Crippen LogP contribution in [-0.2, 0) is 4.79 Å². The Hall–Kier alpha value is -2.11. The van der Waals surface area contributed by atoms with Crippen LogP contribution >= 0.6 is 0 Å². The van der Waals surface area contributed by atoms with Crippen LogP contribution in [0, 0.1) is 18.7 Å². The second-order valence-corrected chi connectivity index (χ2v) is 4.47. The van der Waals surface area contributed by atoms with E-state index in [-0.39, 0.29) is 24.6 Å². The number of hydrogen-bond donors (Lipinski definition) is 3. The predicted octanol–water partition coefficient (Wildman–Crippen LogP) is 2.37. The van der Waals surface area contributed by atoms with Gasteiger partial charge in [0.1, 0.15) is 5.82 Å². The second-order valence-electron chi connectivity index (χ2n) is 4.47. The lowest BCUT2D eigenvalue weighted by atomic mass is 10.1. The minimum absolute atomic E-state index is 0.0287. The summed E-state index contributed by atoms with van der Waals surface area (Å²) in [5.41, 5.74) is 0.542. The van der Waals surface area contributed by atoms with Gasteiger partial charge in [-0.1, -0.05) is 19.1 Å². The number of benzene rings is 1. The molecule has 1 aromatic rings. The number of halogens is 1. The van der Waals surface area contributed by atoms with Crippen molar-refractivity contribution in [3.8, 4) is 0 Å². The minimum atomic E-state index is -0.917. The van der Waals surface area contributed by atoms with E-state index in [0.29, 0.717) is 5.56 Å². The molecule has 3 N–H and O–H groups in total. The van der Waals surface area contributed by atoms with Gasteiger partial charge < -0.3 is 15.7 Å². The van der Waals surface area contributed by atoms with Crippen LogP contribution in [0.15, 0.2) is 18.2 Å². The van der Waals surface area contributed by atoms with Crippen LogP contribution in [0.25, 0.3) is 0 Å². The van der Waals surface area contributed by atoms with Crippen molar-refractivity contribution in [2.24, 2.45) is 5.92 Å². The van der Waals surface area contributed by atoms with E-state index < -0.39 is 17.8 Å². The van der Waals surface area contributed by atoms with Crippen LogP contribution in [-0.4, -0.2) is 23.7 Å². The summed E-state index contributed by atoms with van der Waals surface area (Å²) < 4.78 is 13.6. The summed E-state index contributed by atoms with van der Waals surface area (Å²) in [7, 11) is 0. The fourth-order valence-electron chi connectivity index (χ4n) is 1.55. The first kappa shape index (κ1) is 14.9. The topological polar surface area (TPSA) is 78.4 Å². The van der Waals surface area contributed by atoms with Gasteiger partial charge in [-0.3, -0.25) is 4.79 Å². The average Bonchev–Trinajstić information content (AvgIpc) is 2.32. The van der Waals surface area contributed by atoms with Gasteiger partial charge in [0.05, 0.1) is 5.69 Å². The number of aryl methyl sites for hydroxylation is 1. The van der Waals surface area contributed by atoms with Gasteiger partial charge in [-0.05, 0) is 24.5 Å². The monoisotopic (exact) mass is 268 g/mol. The van der Waals surface area contributed by atoms with Crippen LogP contribution in [0.3, 0.4) is 0 Å². The van der Waals surface area contributed by atoms with Crippen molar-refractivity contribution in [3.63, 3.8) is 0 Å². The minimum Gasteiger partial charge on any atom is -0.481 e. The van der Waals surface area contributed by atoms with Crippen LogP contribution in [0.2, 0.25) is 0 Å². The van der Waals surface area contributed by atoms with Crippen LogP contribution in [0.1, 0.15) is 18.9 Å². The highest BCUT2D eigenvalue weighted by molar-refractivity contribution is 5.89. The number of anilines is 1. The number of rotatable bonds is 5. The van der Waals surface area contributed by atoms with Gasteiger partial charge in [-0.15, -0.1) is 0 Å². The molecule has 0 spiro atoms. The highest BCUT2D eigenvalue weighted by Gasteiger charge is 2.11. The fraction of sp³-hybridized carbons (Fsp3) is 0.385. The molecule has 0 saturated carbocycles. The third kappa shape index (κ3) is 4.95. The molecule has 0 heterocycles. The molecule has 19 heavy (non-hydrogen) atoms. The quantitative estimate of drug-likeness (QED) is 0.767. The zero-order chi connectivity index (χ0) is 14.4. The largest absolute Gasteiger partial charge is 0.481 e. The Morgan fingerprint density at radius 2 is 2.11 bits per heavy atom. The zero-order valence-electron chi connectivity index (χ0n) is 10.9. The van der Waals surface area contributed by atoms with Gasteiger partial charge in [0.15, 0.2) is 0 Å². The summed E-state index contributed by atoms with van der Waals surface area (Å²) in [5.74, 6) is -1.58. The zero-order valence-corrected chi connectivity index (χ0v) is 10.9. The molecule has 6 heteroatoms. The highest BCUT2D eigenvalue weighted by atomic mass is 19.1. The number of aliphatic carboxylic acids is 1. The van der Waals surface area contributed by atoms with E-state index in [0.717, 1.165) is 0 Å². The Kier molecular flexibility index (Phi) is 5.29. The molecule has 1 atom stereocenters. The van der Waals surface area contributed by atoms with Crippen molar-refractivity contribution in [2.75, 3.05) is 11.9 Å². The standard InChI is InChI=1S/C13H17FN2O3/c1-8(6-11(17)18)7-15-13(19)16-10-5-3-4-9(2)12(10)14/h3-5,8H,6-7H2,1-2H3,(H,17,18)(H2,15,16,19). The molecule has 0 aliphatic carbocycles. The summed E-state index contributed by atoms with van der Waals surface area (Å²) in [6.07, 6.45) is -0.0287. The Balaban J connectivity index is 2.47. The second kappa shape index (κ2) is 6.72. The van der Waals surface area contributed by atoms with Crippen molar-refractivity contribution in [1.29, 1.82) is 0 Å². The Labute approximate surface area is 110 Å². The molecule has 0 bridgehead atoms. The van der Waals surface area contributed by atoms with Crippen molar-refractivity contribution in [1.82, 2.24) is 5.32 Å². The molecule has 1 aromatic carbocycles. The summed E-state index contributed by atoms with van der Waals surface area (Å²) in [5, 5.41) is 13.5. The molecule has 104 valence electrons. The van der Waals surface area contributed by atoms with Gasteiger partial charge in [0, 0.05) is 13.0 Å². The summed E-state index contributed by atoms with van der Waals surface area (Å²) in [6.45, 7) is 3.53. The molecule has 1 unspecified atom stereocenters. The number of carbonyl (C=O) groups is 2. The molecule has 1 rings (SSSR count). The summed E-state index contributed by atoms with van der Waals surface area (Å²) in [4.78, 5) is 22.0. The SMILES string of the molecule is Cc1cccc(NC(=O)NCC(C)CC(=O)O)c1F. The number of carboxylic acids is 1. The molecule has 0 saturated heterocycles. The van der Waals surface area contributed by atoms with Crippen LogP contribution in [0.5, 0.6) is 0 Å². The van der Waals surface area contributed by atoms with Crippen LogP contribution in [0.4, 0.5) is 14.9 Å². The number of hydrogen-bond acceptors (Lipinski definition) is 2. The number of nitrogens with one attached hydrogen (secondary N) is 2. The highest BCUT2D eigenvalue weighted by Crippen LogP contribution is 2.16. The van der Waals surface area contributed by atoms with Crippen molar-refractivity contribution in [2.45, 2.75) is 20.3 Å². The lowest BCUT2D eigenvalue weighted by Crippen LogP contribution is -2.33. The van der Waals surface area contributed by atoms with Gasteiger partial charge in [-0.25, -0.2) is 9.18 Å². The van der Waals surface area contributed by atoms with Crippen LogP contribution < -0.4 is 10.6 Å². The normalized spacial score (nSPS) is 11.7. The maximum absolute atomic E-state index is 13.6. The average molecular weight is 268 g/mol. The maximum Gasteiger partial charge on any atom is 0.319 e. The summed E-state index contributed by atoms with van der Waals surface area (Å²) in [6, 6.07) is 4.15. The third-order valence-electron chi connectivity index (χ3n) is 2.57. The van der Waals surface area contributed by atoms with E-state index in [2.05, 4.69) is 10.6 Å². The van der Waals surface area contributed by atoms with E-state index in [1.807, 2.05) is 0 Å². The smallest absolute Gasteiger partial charge is 0.319 e. The lowest BCUT2D eigenvalue weighted by Gasteiger charge is -2.12. The first-order valence-electron chi connectivity index (χ1n) is 5.92. The van der Waals surface area contributed by atoms with Crippen molar-refractivity contribution in [3.05, 3.63) is 29.6 Å². The van der Waals surface area contributed by atoms with E-state index >= 15 is 0 Å². The van der Waals surface area contributed by atoms with Gasteiger partial charge in [0.2, 0.25) is 0 Å². The molecule has 0 radical (unpaired) electrons. The first-order chi connectivity index (χ1) is 8.90. The molecule has 2 amide bonds. The molecule has 0 fully saturated rings. The van der Waals surface area contributed by atoms with E-state index in [1.54, 1.807) is 26.0 Å². The number of carbonyl (C=O) groups excluding carboxylic acids is 1.